The first-order chi connectivity index (χ1) is 11.5. The highest BCUT2D eigenvalue weighted by Crippen LogP contribution is 2.23. The fourth-order valence-corrected chi connectivity index (χ4v) is 2.24. The highest BCUT2D eigenvalue weighted by atomic mass is 19.1. The third-order valence-electron chi connectivity index (χ3n) is 3.46. The molecule has 1 aromatic heterocycles. The van der Waals surface area contributed by atoms with Crippen LogP contribution in [-0.2, 0) is 11.2 Å². The maximum atomic E-state index is 13.6. The molecule has 0 bridgehead atoms. The molecule has 2 aromatic carbocycles. The standard InChI is InChI=1S/C18H14F2N2O2/c1-11-15(24-18(21-11)12-6-3-2-4-7-12)10-16(23)22-17-13(19)8-5-9-14(17)20/h2-9H,10H2,1H3,(H,22,23). The number of rotatable bonds is 4. The Balaban J connectivity index is 1.77. The van der Waals surface area contributed by atoms with Crippen molar-refractivity contribution < 1.29 is 18.0 Å². The van der Waals surface area contributed by atoms with Crippen LogP contribution >= 0.6 is 0 Å². The monoisotopic (exact) mass is 328 g/mol. The fraction of sp³-hybridized carbons (Fsp3) is 0.111. The van der Waals surface area contributed by atoms with E-state index in [0.717, 1.165) is 17.7 Å². The number of halogens is 2. The SMILES string of the molecule is Cc1nc(-c2ccccc2)oc1CC(=O)Nc1c(F)cccc1F. The lowest BCUT2D eigenvalue weighted by molar-refractivity contribution is -0.115. The highest BCUT2D eigenvalue weighted by Gasteiger charge is 2.17. The molecule has 4 nitrogen and oxygen atoms in total. The van der Waals surface area contributed by atoms with Gasteiger partial charge in [0, 0.05) is 5.56 Å². The number of nitrogens with zero attached hydrogens (tertiary/aromatic N) is 1. The molecule has 0 radical (unpaired) electrons. The maximum Gasteiger partial charge on any atom is 0.232 e. The lowest BCUT2D eigenvalue weighted by Crippen LogP contribution is -2.16. The molecule has 1 heterocycles. The van der Waals surface area contributed by atoms with Gasteiger partial charge in [0.2, 0.25) is 11.8 Å². The van der Waals surface area contributed by atoms with E-state index < -0.39 is 23.2 Å². The lowest BCUT2D eigenvalue weighted by Gasteiger charge is -2.06. The summed E-state index contributed by atoms with van der Waals surface area (Å²) in [4.78, 5) is 16.3. The molecule has 0 saturated carbocycles. The van der Waals surface area contributed by atoms with Gasteiger partial charge >= 0.3 is 0 Å². The molecule has 0 fully saturated rings. The highest BCUT2D eigenvalue weighted by molar-refractivity contribution is 5.92. The van der Waals surface area contributed by atoms with E-state index >= 15 is 0 Å². The Hall–Kier alpha value is -3.02. The molecule has 3 rings (SSSR count). The van der Waals surface area contributed by atoms with Gasteiger partial charge in [0.15, 0.2) is 0 Å². The van der Waals surface area contributed by atoms with Crippen molar-refractivity contribution in [1.29, 1.82) is 0 Å². The van der Waals surface area contributed by atoms with Crippen LogP contribution in [0.4, 0.5) is 14.5 Å². The summed E-state index contributed by atoms with van der Waals surface area (Å²) in [6.45, 7) is 1.71. The summed E-state index contributed by atoms with van der Waals surface area (Å²) < 4.78 is 32.7. The van der Waals surface area contributed by atoms with Crippen LogP contribution < -0.4 is 5.32 Å². The molecule has 0 atom stereocenters. The van der Waals surface area contributed by atoms with Crippen LogP contribution in [0.2, 0.25) is 0 Å². The summed E-state index contributed by atoms with van der Waals surface area (Å²) in [6, 6.07) is 12.6. The second kappa shape index (κ2) is 6.62. The molecule has 24 heavy (non-hydrogen) atoms. The molecule has 0 aliphatic rings. The number of aromatic nitrogens is 1. The number of benzene rings is 2. The van der Waals surface area contributed by atoms with Gasteiger partial charge in [-0.3, -0.25) is 4.79 Å². The zero-order valence-corrected chi connectivity index (χ0v) is 12.8. The molecular formula is C18H14F2N2O2. The van der Waals surface area contributed by atoms with Crippen molar-refractivity contribution in [2.45, 2.75) is 13.3 Å². The van der Waals surface area contributed by atoms with Gasteiger partial charge in [-0.15, -0.1) is 0 Å². The Morgan fingerprint density at radius 1 is 1.08 bits per heavy atom. The van der Waals surface area contributed by atoms with Gasteiger partial charge < -0.3 is 9.73 Å². The third-order valence-corrected chi connectivity index (χ3v) is 3.46. The van der Waals surface area contributed by atoms with Crippen molar-refractivity contribution >= 4 is 11.6 Å². The van der Waals surface area contributed by atoms with Crippen molar-refractivity contribution in [3.63, 3.8) is 0 Å². The predicted octanol–water partition coefficient (Wildman–Crippen LogP) is 4.11. The van der Waals surface area contributed by atoms with Crippen LogP contribution in [0.25, 0.3) is 11.5 Å². The summed E-state index contributed by atoms with van der Waals surface area (Å²) in [5.41, 5.74) is 0.869. The quantitative estimate of drug-likeness (QED) is 0.784. The first-order valence-electron chi connectivity index (χ1n) is 7.30. The number of hydrogen-bond acceptors (Lipinski definition) is 3. The van der Waals surface area contributed by atoms with Crippen LogP contribution in [0.3, 0.4) is 0 Å². The molecule has 0 saturated heterocycles. The molecule has 122 valence electrons. The van der Waals surface area contributed by atoms with E-state index in [1.54, 1.807) is 6.92 Å². The number of anilines is 1. The zero-order chi connectivity index (χ0) is 17.1. The summed E-state index contributed by atoms with van der Waals surface area (Å²) in [6.07, 6.45) is -0.167. The smallest absolute Gasteiger partial charge is 0.232 e. The Morgan fingerprint density at radius 3 is 2.42 bits per heavy atom. The minimum atomic E-state index is -0.831. The average Bonchev–Trinajstić information content (AvgIpc) is 2.93. The second-order valence-electron chi connectivity index (χ2n) is 5.22. The van der Waals surface area contributed by atoms with Crippen LogP contribution in [0.15, 0.2) is 52.9 Å². The number of oxazole rings is 1. The fourth-order valence-electron chi connectivity index (χ4n) is 2.24. The van der Waals surface area contributed by atoms with Crippen LogP contribution in [0.5, 0.6) is 0 Å². The van der Waals surface area contributed by atoms with Gasteiger partial charge in [-0.25, -0.2) is 13.8 Å². The molecule has 0 spiro atoms. The van der Waals surface area contributed by atoms with Crippen molar-refractivity contribution in [2.75, 3.05) is 5.32 Å². The molecule has 1 amide bonds. The van der Waals surface area contributed by atoms with Crippen molar-refractivity contribution in [1.82, 2.24) is 4.98 Å². The van der Waals surface area contributed by atoms with E-state index in [-0.39, 0.29) is 6.42 Å². The largest absolute Gasteiger partial charge is 0.440 e. The van der Waals surface area contributed by atoms with Crippen LogP contribution in [0.1, 0.15) is 11.5 Å². The van der Waals surface area contributed by atoms with E-state index in [4.69, 9.17) is 4.42 Å². The number of hydrogen-bond donors (Lipinski definition) is 1. The average molecular weight is 328 g/mol. The minimum Gasteiger partial charge on any atom is -0.440 e. The number of carbonyl (C=O) groups is 1. The number of para-hydroxylation sites is 1. The molecule has 3 aromatic rings. The van der Waals surface area contributed by atoms with Crippen molar-refractivity contribution in [3.05, 3.63) is 71.6 Å². The van der Waals surface area contributed by atoms with Crippen molar-refractivity contribution in [2.24, 2.45) is 0 Å². The minimum absolute atomic E-state index is 0.167. The Morgan fingerprint density at radius 2 is 1.75 bits per heavy atom. The third kappa shape index (κ3) is 3.32. The number of carbonyl (C=O) groups excluding carboxylic acids is 1. The van der Waals surface area contributed by atoms with E-state index in [9.17, 15) is 13.6 Å². The van der Waals surface area contributed by atoms with Crippen LogP contribution in [0, 0.1) is 18.6 Å². The maximum absolute atomic E-state index is 13.6. The Labute approximate surface area is 137 Å². The number of nitrogens with one attached hydrogen (secondary N) is 1. The van der Waals surface area contributed by atoms with Gasteiger partial charge in [0.1, 0.15) is 23.1 Å². The molecule has 6 heteroatoms. The number of aryl methyl sites for hydroxylation is 1. The van der Waals surface area contributed by atoms with Gasteiger partial charge in [-0.2, -0.15) is 0 Å². The summed E-state index contributed by atoms with van der Waals surface area (Å²) in [7, 11) is 0. The van der Waals surface area contributed by atoms with E-state index in [1.165, 1.54) is 6.07 Å². The Kier molecular flexibility index (Phi) is 4.37. The van der Waals surface area contributed by atoms with Crippen LogP contribution in [-0.4, -0.2) is 10.9 Å². The van der Waals surface area contributed by atoms with Gasteiger partial charge in [-0.1, -0.05) is 24.3 Å². The van der Waals surface area contributed by atoms with Crippen molar-refractivity contribution in [3.8, 4) is 11.5 Å². The van der Waals surface area contributed by atoms with Gasteiger partial charge in [0.25, 0.3) is 0 Å². The normalized spacial score (nSPS) is 10.6. The molecule has 0 aliphatic carbocycles. The molecule has 0 unspecified atom stereocenters. The Bertz CT molecular complexity index is 856. The van der Waals surface area contributed by atoms with E-state index in [1.807, 2.05) is 30.3 Å². The first kappa shape index (κ1) is 15.9. The first-order valence-corrected chi connectivity index (χ1v) is 7.30. The number of amides is 1. The molecule has 0 aliphatic heterocycles. The molecular weight excluding hydrogens is 314 g/mol. The second-order valence-corrected chi connectivity index (χ2v) is 5.22. The van der Waals surface area contributed by atoms with Gasteiger partial charge in [0.05, 0.1) is 12.1 Å². The summed E-state index contributed by atoms with van der Waals surface area (Å²) in [5.74, 6) is -1.50. The van der Waals surface area contributed by atoms with E-state index in [0.29, 0.717) is 17.3 Å². The van der Waals surface area contributed by atoms with Gasteiger partial charge in [-0.05, 0) is 31.2 Å². The topological polar surface area (TPSA) is 55.1 Å². The zero-order valence-electron chi connectivity index (χ0n) is 12.8. The summed E-state index contributed by atoms with van der Waals surface area (Å²) >= 11 is 0. The predicted molar refractivity (Wildman–Crippen MR) is 85.4 cm³/mol. The summed E-state index contributed by atoms with van der Waals surface area (Å²) in [5, 5.41) is 2.23. The van der Waals surface area contributed by atoms with E-state index in [2.05, 4.69) is 10.3 Å². The molecule has 1 N–H and O–H groups in total. The lowest BCUT2D eigenvalue weighted by atomic mass is 10.2.